The van der Waals surface area contributed by atoms with Gasteiger partial charge in [0.1, 0.15) is 11.9 Å². The van der Waals surface area contributed by atoms with Crippen LogP contribution in [-0.2, 0) is 0 Å². The summed E-state index contributed by atoms with van der Waals surface area (Å²) in [6.45, 7) is 2.93. The van der Waals surface area contributed by atoms with Gasteiger partial charge in [0.15, 0.2) is 24.5 Å². The normalized spacial score (nSPS) is 10.6. The Kier molecular flexibility index (Phi) is 8.10. The first-order valence-corrected chi connectivity index (χ1v) is 9.08. The number of rotatable bonds is 10. The summed E-state index contributed by atoms with van der Waals surface area (Å²) in [5.74, 6) is -0.0875. The average Bonchev–Trinajstić information content (AvgIpc) is 2.71. The lowest BCUT2D eigenvalue weighted by Crippen LogP contribution is -2.11. The van der Waals surface area contributed by atoms with E-state index in [0.29, 0.717) is 17.6 Å². The molecule has 1 heterocycles. The van der Waals surface area contributed by atoms with Gasteiger partial charge in [0.25, 0.3) is 0 Å². The largest absolute Gasteiger partial charge is 0.476 e. The quantitative estimate of drug-likeness (QED) is 0.455. The van der Waals surface area contributed by atoms with Gasteiger partial charge in [-0.15, -0.1) is 0 Å². The second-order valence-electron chi connectivity index (χ2n) is 6.27. The summed E-state index contributed by atoms with van der Waals surface area (Å²) in [7, 11) is 1.96. The topological polar surface area (TPSA) is 79.1 Å². The summed E-state index contributed by atoms with van der Waals surface area (Å²) in [4.78, 5) is 21.6. The van der Waals surface area contributed by atoms with E-state index in [-0.39, 0.29) is 23.6 Å². The molecule has 0 N–H and O–H groups in total. The average molecular weight is 382 g/mol. The van der Waals surface area contributed by atoms with Gasteiger partial charge in [0.05, 0.1) is 18.0 Å². The molecule has 2 aromatic rings. The Labute approximate surface area is 164 Å². The number of aldehydes is 1. The molecule has 0 saturated carbocycles. The first kappa shape index (κ1) is 21.0. The molecule has 0 atom stereocenters. The van der Waals surface area contributed by atoms with Crippen molar-refractivity contribution >= 4 is 12.4 Å². The molecule has 0 spiro atoms. The van der Waals surface area contributed by atoms with Crippen LogP contribution in [0.5, 0.6) is 5.75 Å². The van der Waals surface area contributed by atoms with Crippen molar-refractivity contribution in [1.29, 1.82) is 5.26 Å². The summed E-state index contributed by atoms with van der Waals surface area (Å²) < 4.78 is 19.6. The fraction of sp³-hybridized carbons (Fsp3) is 0.333. The molecule has 0 aliphatic heterocycles. The van der Waals surface area contributed by atoms with E-state index in [1.54, 1.807) is 12.1 Å². The Morgan fingerprint density at radius 2 is 2.00 bits per heavy atom. The van der Waals surface area contributed by atoms with Gasteiger partial charge in [-0.2, -0.15) is 5.26 Å². The molecule has 28 heavy (non-hydrogen) atoms. The van der Waals surface area contributed by atoms with Crippen LogP contribution in [0.15, 0.2) is 30.7 Å². The first-order valence-electron chi connectivity index (χ1n) is 9.08. The number of carbonyl (C=O) groups is 1. The van der Waals surface area contributed by atoms with Crippen molar-refractivity contribution in [3.8, 4) is 23.2 Å². The zero-order chi connectivity index (χ0) is 20.4. The predicted octanol–water partition coefficient (Wildman–Crippen LogP) is 4.09. The van der Waals surface area contributed by atoms with Gasteiger partial charge in [-0.05, 0) is 36.4 Å². The molecule has 0 radical (unpaired) electrons. The molecule has 1 aromatic heterocycles. The monoisotopic (exact) mass is 382 g/mol. The van der Waals surface area contributed by atoms with Crippen LogP contribution in [0.2, 0.25) is 0 Å². The lowest BCUT2D eigenvalue weighted by molar-refractivity contribution is 0.112. The van der Waals surface area contributed by atoms with E-state index in [9.17, 15) is 9.18 Å². The van der Waals surface area contributed by atoms with Crippen molar-refractivity contribution in [3.63, 3.8) is 0 Å². The van der Waals surface area contributed by atoms with Gasteiger partial charge < -0.3 is 9.64 Å². The predicted molar refractivity (Wildman–Crippen MR) is 105 cm³/mol. The molecule has 0 amide bonds. The van der Waals surface area contributed by atoms with E-state index in [2.05, 4.69) is 16.9 Å². The molecular formula is C21H23FN4O2. The number of ether oxygens (including phenoxy) is 1. The van der Waals surface area contributed by atoms with Crippen molar-refractivity contribution in [1.82, 2.24) is 14.9 Å². The molecular weight excluding hydrogens is 359 g/mol. The number of unbranched alkanes of at least 4 members (excludes halogenated alkanes) is 2. The van der Waals surface area contributed by atoms with E-state index in [4.69, 9.17) is 10.00 Å². The highest BCUT2D eigenvalue weighted by Crippen LogP contribution is 2.24. The van der Waals surface area contributed by atoms with E-state index >= 15 is 0 Å². The third kappa shape index (κ3) is 5.88. The molecule has 2 rings (SSSR count). The SMILES string of the molecule is CCCCCN(C)/C=C\c1cc(-c2ncc(OCC#N)cn2)c(F)cc1C=O. The molecule has 6 nitrogen and oxygen atoms in total. The van der Waals surface area contributed by atoms with Gasteiger partial charge in [0.2, 0.25) is 0 Å². The third-order valence-electron chi connectivity index (χ3n) is 4.10. The van der Waals surface area contributed by atoms with Crippen molar-refractivity contribution < 1.29 is 13.9 Å². The van der Waals surface area contributed by atoms with Crippen molar-refractivity contribution in [3.05, 3.63) is 47.7 Å². The second-order valence-corrected chi connectivity index (χ2v) is 6.27. The molecule has 0 aliphatic rings. The number of halogens is 1. The maximum atomic E-state index is 14.5. The fourth-order valence-corrected chi connectivity index (χ4v) is 2.56. The van der Waals surface area contributed by atoms with Gasteiger partial charge in [0, 0.05) is 19.2 Å². The number of nitriles is 1. The maximum Gasteiger partial charge on any atom is 0.174 e. The summed E-state index contributed by atoms with van der Waals surface area (Å²) in [5.41, 5.74) is 1.03. The maximum absolute atomic E-state index is 14.5. The molecule has 0 aliphatic carbocycles. The van der Waals surface area contributed by atoms with Gasteiger partial charge in [-0.25, -0.2) is 14.4 Å². The highest BCUT2D eigenvalue weighted by Gasteiger charge is 2.13. The highest BCUT2D eigenvalue weighted by atomic mass is 19.1. The van der Waals surface area contributed by atoms with Crippen LogP contribution in [0.3, 0.4) is 0 Å². The number of nitrogens with zero attached hydrogens (tertiary/aromatic N) is 4. The Balaban J connectivity index is 2.25. The van der Waals surface area contributed by atoms with E-state index in [1.807, 2.05) is 24.2 Å². The summed E-state index contributed by atoms with van der Waals surface area (Å²) in [6, 6.07) is 4.59. The molecule has 0 saturated heterocycles. The lowest BCUT2D eigenvalue weighted by atomic mass is 10.0. The van der Waals surface area contributed by atoms with Crippen molar-refractivity contribution in [2.24, 2.45) is 0 Å². The van der Waals surface area contributed by atoms with Gasteiger partial charge >= 0.3 is 0 Å². The summed E-state index contributed by atoms with van der Waals surface area (Å²) in [6.07, 6.45) is 10.4. The van der Waals surface area contributed by atoms with Crippen molar-refractivity contribution in [2.45, 2.75) is 26.2 Å². The van der Waals surface area contributed by atoms with Gasteiger partial charge in [-0.3, -0.25) is 4.79 Å². The van der Waals surface area contributed by atoms with E-state index in [1.165, 1.54) is 18.5 Å². The van der Waals surface area contributed by atoms with Crippen LogP contribution in [0.1, 0.15) is 42.1 Å². The van der Waals surface area contributed by atoms with Crippen LogP contribution >= 0.6 is 0 Å². The van der Waals surface area contributed by atoms with E-state index in [0.717, 1.165) is 25.8 Å². The molecule has 146 valence electrons. The minimum Gasteiger partial charge on any atom is -0.476 e. The number of benzene rings is 1. The number of carbonyl (C=O) groups excluding carboxylic acids is 1. The molecule has 7 heteroatoms. The third-order valence-corrected chi connectivity index (χ3v) is 4.10. The van der Waals surface area contributed by atoms with Crippen LogP contribution in [0, 0.1) is 17.1 Å². The standard InChI is InChI=1S/C21H23FN4O2/c1-3-4-5-8-26(2)9-6-16-11-19(20(22)12-17(16)15-27)21-24-13-18(14-25-21)28-10-7-23/h6,9,11-15H,3-5,8,10H2,1-2H3/b9-6-. The van der Waals surface area contributed by atoms with Crippen LogP contribution < -0.4 is 4.74 Å². The minimum atomic E-state index is -0.582. The summed E-state index contributed by atoms with van der Waals surface area (Å²) in [5, 5.41) is 8.52. The second kappa shape index (κ2) is 10.8. The van der Waals surface area contributed by atoms with E-state index < -0.39 is 5.82 Å². The Morgan fingerprint density at radius 1 is 1.25 bits per heavy atom. The minimum absolute atomic E-state index is 0.119. The smallest absolute Gasteiger partial charge is 0.174 e. The highest BCUT2D eigenvalue weighted by molar-refractivity contribution is 5.84. The molecule has 1 aromatic carbocycles. The molecule has 0 unspecified atom stereocenters. The Morgan fingerprint density at radius 3 is 2.64 bits per heavy atom. The Hall–Kier alpha value is -3.27. The zero-order valence-electron chi connectivity index (χ0n) is 16.1. The number of aromatic nitrogens is 2. The van der Waals surface area contributed by atoms with Crippen LogP contribution in [-0.4, -0.2) is 41.4 Å². The Bertz CT molecular complexity index is 860. The number of hydrogen-bond donors (Lipinski definition) is 0. The van der Waals surface area contributed by atoms with Crippen LogP contribution in [0.4, 0.5) is 4.39 Å². The molecule has 0 fully saturated rings. The van der Waals surface area contributed by atoms with Gasteiger partial charge in [-0.1, -0.05) is 19.8 Å². The van der Waals surface area contributed by atoms with Crippen LogP contribution in [0.25, 0.3) is 17.5 Å². The fourth-order valence-electron chi connectivity index (χ4n) is 2.56. The molecule has 0 bridgehead atoms. The zero-order valence-corrected chi connectivity index (χ0v) is 16.1. The first-order chi connectivity index (χ1) is 13.6. The summed E-state index contributed by atoms with van der Waals surface area (Å²) >= 11 is 0. The van der Waals surface area contributed by atoms with Crippen molar-refractivity contribution in [2.75, 3.05) is 20.2 Å². The lowest BCUT2D eigenvalue weighted by Gasteiger charge is -2.13. The number of hydrogen-bond acceptors (Lipinski definition) is 6.